The summed E-state index contributed by atoms with van der Waals surface area (Å²) in [6.07, 6.45) is 2.38. The van der Waals surface area contributed by atoms with Gasteiger partial charge in [0.15, 0.2) is 0 Å². The van der Waals surface area contributed by atoms with Gasteiger partial charge in [0.1, 0.15) is 5.75 Å². The van der Waals surface area contributed by atoms with E-state index in [1.54, 1.807) is 0 Å². The first-order valence-electron chi connectivity index (χ1n) is 9.79. The minimum atomic E-state index is -1.82. The van der Waals surface area contributed by atoms with Crippen molar-refractivity contribution in [1.82, 2.24) is 4.90 Å². The number of hydrogen-bond acceptors (Lipinski definition) is 5. The minimum Gasteiger partial charge on any atom is -0.494 e. The summed E-state index contributed by atoms with van der Waals surface area (Å²) in [5.74, 6) is -2.69. The summed E-state index contributed by atoms with van der Waals surface area (Å²) >= 11 is 3.48. The second-order valence-corrected chi connectivity index (χ2v) is 7.80. The molecule has 3 rings (SSSR count). The number of carbonyl (C=O) groups is 2. The number of piperidine rings is 1. The molecular formula is C22H27BrN2O5. The van der Waals surface area contributed by atoms with E-state index in [9.17, 15) is 0 Å². The lowest BCUT2D eigenvalue weighted by molar-refractivity contribution is -0.159. The first-order chi connectivity index (χ1) is 14.4. The molecular weight excluding hydrogens is 452 g/mol. The first kappa shape index (κ1) is 23.7. The van der Waals surface area contributed by atoms with Gasteiger partial charge >= 0.3 is 11.9 Å². The molecule has 2 aromatic rings. The summed E-state index contributed by atoms with van der Waals surface area (Å²) in [5, 5.41) is 18.4. The van der Waals surface area contributed by atoms with Gasteiger partial charge in [-0.3, -0.25) is 4.90 Å². The molecule has 0 saturated carbocycles. The fourth-order valence-corrected chi connectivity index (χ4v) is 3.40. The largest absolute Gasteiger partial charge is 0.494 e. The third-order valence-electron chi connectivity index (χ3n) is 4.63. The Morgan fingerprint density at radius 3 is 2.10 bits per heavy atom. The average molecular weight is 479 g/mol. The first-order valence-corrected chi connectivity index (χ1v) is 10.6. The molecule has 0 aromatic heterocycles. The highest BCUT2D eigenvalue weighted by Gasteiger charge is 2.19. The van der Waals surface area contributed by atoms with Gasteiger partial charge in [0.25, 0.3) is 0 Å². The molecule has 1 saturated heterocycles. The van der Waals surface area contributed by atoms with Gasteiger partial charge in [-0.25, -0.2) is 9.59 Å². The van der Waals surface area contributed by atoms with E-state index in [4.69, 9.17) is 24.5 Å². The molecule has 0 radical (unpaired) electrons. The number of aliphatic carboxylic acids is 2. The van der Waals surface area contributed by atoms with Crippen molar-refractivity contribution < 1.29 is 24.5 Å². The maximum absolute atomic E-state index is 9.10. The quantitative estimate of drug-likeness (QED) is 0.537. The van der Waals surface area contributed by atoms with Crippen LogP contribution >= 0.6 is 15.9 Å². The molecule has 0 unspecified atom stereocenters. The molecule has 2 aromatic carbocycles. The van der Waals surface area contributed by atoms with Crippen molar-refractivity contribution in [3.8, 4) is 5.75 Å². The lowest BCUT2D eigenvalue weighted by Crippen LogP contribution is -2.38. The van der Waals surface area contributed by atoms with E-state index in [1.165, 1.54) is 24.1 Å². The number of rotatable bonds is 6. The Morgan fingerprint density at radius 1 is 1.03 bits per heavy atom. The third-order valence-corrected chi connectivity index (χ3v) is 5.15. The molecule has 1 fully saturated rings. The van der Waals surface area contributed by atoms with Crippen LogP contribution in [0.2, 0.25) is 0 Å². The maximum atomic E-state index is 9.10. The number of ether oxygens (including phenoxy) is 1. The van der Waals surface area contributed by atoms with Gasteiger partial charge in [0, 0.05) is 35.8 Å². The van der Waals surface area contributed by atoms with Gasteiger partial charge in [-0.15, -0.1) is 0 Å². The van der Waals surface area contributed by atoms with Crippen molar-refractivity contribution in [3.63, 3.8) is 0 Å². The Hall–Kier alpha value is -2.58. The predicted molar refractivity (Wildman–Crippen MR) is 119 cm³/mol. The van der Waals surface area contributed by atoms with Gasteiger partial charge in [-0.2, -0.15) is 0 Å². The molecule has 0 aliphatic carbocycles. The van der Waals surface area contributed by atoms with Gasteiger partial charge in [-0.1, -0.05) is 28.1 Å². The zero-order valence-electron chi connectivity index (χ0n) is 16.9. The topological polar surface area (TPSA) is 99.1 Å². The lowest BCUT2D eigenvalue weighted by atomic mass is 10.0. The van der Waals surface area contributed by atoms with Crippen LogP contribution in [0.25, 0.3) is 0 Å². The maximum Gasteiger partial charge on any atom is 0.414 e. The molecule has 1 heterocycles. The summed E-state index contributed by atoms with van der Waals surface area (Å²) in [6, 6.07) is 17.5. The number of likely N-dealkylation sites (tertiary alicyclic amines) is 1. The summed E-state index contributed by atoms with van der Waals surface area (Å²) < 4.78 is 6.63. The summed E-state index contributed by atoms with van der Waals surface area (Å²) in [7, 11) is 0. The van der Waals surface area contributed by atoms with Crippen molar-refractivity contribution >= 4 is 33.6 Å². The summed E-state index contributed by atoms with van der Waals surface area (Å²) in [5.41, 5.74) is 2.57. The van der Waals surface area contributed by atoms with E-state index in [2.05, 4.69) is 74.7 Å². The lowest BCUT2D eigenvalue weighted by Gasteiger charge is -2.33. The average Bonchev–Trinajstić information content (AvgIpc) is 2.73. The highest BCUT2D eigenvalue weighted by atomic mass is 79.9. The van der Waals surface area contributed by atoms with E-state index in [0.717, 1.165) is 36.5 Å². The highest BCUT2D eigenvalue weighted by molar-refractivity contribution is 9.10. The normalized spacial score (nSPS) is 14.3. The number of nitrogens with zero attached hydrogens (tertiary/aromatic N) is 1. The van der Waals surface area contributed by atoms with Crippen LogP contribution in [0.15, 0.2) is 53.0 Å². The van der Waals surface area contributed by atoms with E-state index in [0.29, 0.717) is 6.04 Å². The van der Waals surface area contributed by atoms with Crippen LogP contribution in [0.4, 0.5) is 5.69 Å². The van der Waals surface area contributed by atoms with Crippen LogP contribution in [0.1, 0.15) is 25.3 Å². The molecule has 8 heteroatoms. The number of anilines is 1. The highest BCUT2D eigenvalue weighted by Crippen LogP contribution is 2.21. The van der Waals surface area contributed by atoms with Gasteiger partial charge < -0.3 is 20.3 Å². The molecule has 1 aliphatic rings. The molecule has 0 bridgehead atoms. The Morgan fingerprint density at radius 2 is 1.60 bits per heavy atom. The third kappa shape index (κ3) is 8.42. The SMILES string of the molecule is CCOc1ccc(CN2CCC(Nc3ccc(Br)cc3)CC2)cc1.O=C(O)C(=O)O. The molecule has 0 amide bonds. The Bertz CT molecular complexity index is 791. The predicted octanol–water partition coefficient (Wildman–Crippen LogP) is 4.08. The fourth-order valence-electron chi connectivity index (χ4n) is 3.13. The van der Waals surface area contributed by atoms with E-state index < -0.39 is 11.9 Å². The Labute approximate surface area is 184 Å². The molecule has 162 valence electrons. The zero-order chi connectivity index (χ0) is 21.9. The number of benzene rings is 2. The van der Waals surface area contributed by atoms with Gasteiger partial charge in [0.05, 0.1) is 6.61 Å². The van der Waals surface area contributed by atoms with Crippen molar-refractivity contribution in [3.05, 3.63) is 58.6 Å². The molecule has 1 aliphatic heterocycles. The van der Waals surface area contributed by atoms with Crippen molar-refractivity contribution in [2.45, 2.75) is 32.4 Å². The molecule has 30 heavy (non-hydrogen) atoms. The van der Waals surface area contributed by atoms with Gasteiger partial charge in [-0.05, 0) is 61.7 Å². The number of carboxylic acids is 2. The molecule has 7 nitrogen and oxygen atoms in total. The molecule has 3 N–H and O–H groups in total. The van der Waals surface area contributed by atoms with Gasteiger partial charge in [0.2, 0.25) is 0 Å². The smallest absolute Gasteiger partial charge is 0.414 e. The fraction of sp³-hybridized carbons (Fsp3) is 0.364. The van der Waals surface area contributed by atoms with Crippen molar-refractivity contribution in [1.29, 1.82) is 0 Å². The van der Waals surface area contributed by atoms with Crippen molar-refractivity contribution in [2.24, 2.45) is 0 Å². The van der Waals surface area contributed by atoms with E-state index >= 15 is 0 Å². The number of halogens is 1. The zero-order valence-corrected chi connectivity index (χ0v) is 18.5. The van der Waals surface area contributed by atoms with E-state index in [1.807, 2.05) is 6.92 Å². The standard InChI is InChI=1S/C20H25BrN2O.C2H2O4/c1-2-24-20-9-3-16(4-10-20)15-23-13-11-19(12-14-23)22-18-7-5-17(21)6-8-18;3-1(4)2(5)6/h3-10,19,22H,2,11-15H2,1H3;(H,3,4)(H,5,6). The summed E-state index contributed by atoms with van der Waals surface area (Å²) in [6.45, 7) is 6.04. The molecule has 0 spiro atoms. The Balaban J connectivity index is 0.000000469. The van der Waals surface area contributed by atoms with Crippen LogP contribution < -0.4 is 10.1 Å². The number of nitrogens with one attached hydrogen (secondary N) is 1. The second kappa shape index (κ2) is 12.2. The van der Waals surface area contributed by atoms with E-state index in [-0.39, 0.29) is 0 Å². The number of hydrogen-bond donors (Lipinski definition) is 3. The second-order valence-electron chi connectivity index (χ2n) is 6.89. The van der Waals surface area contributed by atoms with Crippen LogP contribution in [-0.2, 0) is 16.1 Å². The number of carboxylic acid groups (broad SMARTS) is 2. The minimum absolute atomic E-state index is 0.572. The van der Waals surface area contributed by atoms with Crippen LogP contribution in [0.3, 0.4) is 0 Å². The monoisotopic (exact) mass is 478 g/mol. The molecule has 0 atom stereocenters. The summed E-state index contributed by atoms with van der Waals surface area (Å²) in [4.78, 5) is 20.7. The van der Waals surface area contributed by atoms with Crippen LogP contribution in [0.5, 0.6) is 5.75 Å². The van der Waals surface area contributed by atoms with Crippen LogP contribution in [0, 0.1) is 0 Å². The van der Waals surface area contributed by atoms with Crippen molar-refractivity contribution in [2.75, 3.05) is 25.0 Å². The Kier molecular flexibility index (Phi) is 9.63. The van der Waals surface area contributed by atoms with Crippen LogP contribution in [-0.4, -0.2) is 52.8 Å².